The Morgan fingerprint density at radius 3 is 2.89 bits per heavy atom. The minimum Gasteiger partial charge on any atom is -0.336 e. The number of aromatic nitrogens is 1. The molecule has 0 saturated heterocycles. The SMILES string of the molecule is C/C=C/c1cccc(NOC(=O)c2ccccn2)c1. The first-order valence-electron chi connectivity index (χ1n) is 5.90. The van der Waals surface area contributed by atoms with Crippen molar-refractivity contribution < 1.29 is 9.63 Å². The van der Waals surface area contributed by atoms with Crippen molar-refractivity contribution in [3.8, 4) is 0 Å². The predicted octanol–water partition coefficient (Wildman–Crippen LogP) is 3.30. The fourth-order valence-electron chi connectivity index (χ4n) is 1.54. The number of rotatable bonds is 4. The molecule has 0 unspecified atom stereocenters. The summed E-state index contributed by atoms with van der Waals surface area (Å²) in [5.74, 6) is -0.517. The lowest BCUT2D eigenvalue weighted by molar-refractivity contribution is 0.0590. The smallest absolute Gasteiger partial charge is 0.336 e. The number of pyridine rings is 1. The standard InChI is InChI=1S/C15H14N2O2/c1-2-6-12-7-5-8-13(11-12)17-19-15(18)14-9-3-4-10-16-14/h2-11,17H,1H3/b6-2+. The van der Waals surface area contributed by atoms with Gasteiger partial charge in [-0.3, -0.25) is 0 Å². The van der Waals surface area contributed by atoms with Gasteiger partial charge in [0, 0.05) is 6.20 Å². The summed E-state index contributed by atoms with van der Waals surface area (Å²) in [5, 5.41) is 0. The first-order valence-corrected chi connectivity index (χ1v) is 5.90. The minimum atomic E-state index is -0.517. The highest BCUT2D eigenvalue weighted by atomic mass is 16.7. The number of allylic oxidation sites excluding steroid dienone is 1. The fourth-order valence-corrected chi connectivity index (χ4v) is 1.54. The molecule has 0 spiro atoms. The van der Waals surface area contributed by atoms with Gasteiger partial charge in [-0.25, -0.2) is 15.3 Å². The van der Waals surface area contributed by atoms with Crippen LogP contribution in [-0.2, 0) is 4.84 Å². The molecule has 0 atom stereocenters. The molecule has 1 heterocycles. The Bertz CT molecular complexity index is 580. The maximum absolute atomic E-state index is 11.7. The third-order valence-electron chi connectivity index (χ3n) is 2.38. The van der Waals surface area contributed by atoms with Gasteiger partial charge in [-0.1, -0.05) is 30.4 Å². The minimum absolute atomic E-state index is 0.264. The molecule has 1 aromatic heterocycles. The highest BCUT2D eigenvalue weighted by molar-refractivity contribution is 5.87. The number of benzene rings is 1. The van der Waals surface area contributed by atoms with Crippen LogP contribution in [0.3, 0.4) is 0 Å². The van der Waals surface area contributed by atoms with Crippen LogP contribution in [0, 0.1) is 0 Å². The number of nitrogens with zero attached hydrogens (tertiary/aromatic N) is 1. The first kappa shape index (κ1) is 12.8. The van der Waals surface area contributed by atoms with Gasteiger partial charge >= 0.3 is 5.97 Å². The summed E-state index contributed by atoms with van der Waals surface area (Å²) in [6.07, 6.45) is 5.45. The van der Waals surface area contributed by atoms with E-state index in [1.807, 2.05) is 43.3 Å². The Balaban J connectivity index is 1.99. The van der Waals surface area contributed by atoms with Crippen LogP contribution in [0.25, 0.3) is 6.08 Å². The van der Waals surface area contributed by atoms with Crippen LogP contribution in [0.5, 0.6) is 0 Å². The van der Waals surface area contributed by atoms with Gasteiger partial charge in [0.05, 0.1) is 5.69 Å². The largest absolute Gasteiger partial charge is 0.381 e. The molecule has 2 aromatic rings. The van der Waals surface area contributed by atoms with E-state index in [9.17, 15) is 4.79 Å². The Labute approximate surface area is 111 Å². The maximum atomic E-state index is 11.7. The molecule has 2 rings (SSSR count). The lowest BCUT2D eigenvalue weighted by Crippen LogP contribution is -2.12. The number of carbonyl (C=O) groups excluding carboxylic acids is 1. The third kappa shape index (κ3) is 3.67. The van der Waals surface area contributed by atoms with Crippen molar-refractivity contribution in [1.82, 2.24) is 4.98 Å². The molecule has 0 aliphatic rings. The van der Waals surface area contributed by atoms with Crippen molar-refractivity contribution in [1.29, 1.82) is 0 Å². The van der Waals surface area contributed by atoms with E-state index in [2.05, 4.69) is 10.5 Å². The Hall–Kier alpha value is -2.62. The Morgan fingerprint density at radius 2 is 2.16 bits per heavy atom. The first-order chi connectivity index (χ1) is 9.29. The Morgan fingerprint density at radius 1 is 1.26 bits per heavy atom. The molecule has 0 amide bonds. The lowest BCUT2D eigenvalue weighted by atomic mass is 10.2. The summed E-state index contributed by atoms with van der Waals surface area (Å²) in [6, 6.07) is 12.6. The topological polar surface area (TPSA) is 51.2 Å². The third-order valence-corrected chi connectivity index (χ3v) is 2.38. The zero-order valence-corrected chi connectivity index (χ0v) is 10.5. The van der Waals surface area contributed by atoms with Gasteiger partial charge in [0.15, 0.2) is 5.69 Å². The molecule has 0 saturated carbocycles. The summed E-state index contributed by atoms with van der Waals surface area (Å²) in [6.45, 7) is 1.95. The van der Waals surface area contributed by atoms with Crippen LogP contribution in [-0.4, -0.2) is 11.0 Å². The van der Waals surface area contributed by atoms with E-state index in [4.69, 9.17) is 4.84 Å². The van der Waals surface area contributed by atoms with Gasteiger partial charge < -0.3 is 4.84 Å². The van der Waals surface area contributed by atoms with E-state index in [0.29, 0.717) is 5.69 Å². The van der Waals surface area contributed by atoms with Gasteiger partial charge in [-0.05, 0) is 36.8 Å². The predicted molar refractivity (Wildman–Crippen MR) is 74.4 cm³/mol. The van der Waals surface area contributed by atoms with E-state index < -0.39 is 5.97 Å². The highest BCUT2D eigenvalue weighted by Crippen LogP contribution is 2.12. The van der Waals surface area contributed by atoms with E-state index in [1.165, 1.54) is 0 Å². The molecule has 0 fully saturated rings. The van der Waals surface area contributed by atoms with Gasteiger partial charge in [0.25, 0.3) is 0 Å². The van der Waals surface area contributed by atoms with Gasteiger partial charge in [0.2, 0.25) is 0 Å². The molecule has 0 aliphatic carbocycles. The second-order valence-electron chi connectivity index (χ2n) is 3.83. The maximum Gasteiger partial charge on any atom is 0.381 e. The number of carbonyl (C=O) groups is 1. The molecule has 0 bridgehead atoms. The molecule has 1 N–H and O–H groups in total. The fraction of sp³-hybridized carbons (Fsp3) is 0.0667. The normalized spacial score (nSPS) is 10.4. The number of nitrogens with one attached hydrogen (secondary N) is 1. The highest BCUT2D eigenvalue weighted by Gasteiger charge is 2.07. The summed E-state index contributed by atoms with van der Waals surface area (Å²) in [5.41, 5.74) is 4.62. The second kappa shape index (κ2) is 6.35. The molecule has 1 aromatic carbocycles. The zero-order chi connectivity index (χ0) is 13.5. The van der Waals surface area contributed by atoms with Crippen LogP contribution >= 0.6 is 0 Å². The summed E-state index contributed by atoms with van der Waals surface area (Å²) in [4.78, 5) is 20.6. The molecular formula is C15H14N2O2. The average Bonchev–Trinajstić information content (AvgIpc) is 2.46. The molecule has 0 aliphatic heterocycles. The van der Waals surface area contributed by atoms with Crippen molar-refractivity contribution in [3.63, 3.8) is 0 Å². The van der Waals surface area contributed by atoms with Gasteiger partial charge in [0.1, 0.15) is 0 Å². The lowest BCUT2D eigenvalue weighted by Gasteiger charge is -2.06. The monoisotopic (exact) mass is 254 g/mol. The number of anilines is 1. The quantitative estimate of drug-likeness (QED) is 0.850. The van der Waals surface area contributed by atoms with Crippen LogP contribution < -0.4 is 5.48 Å². The Kier molecular flexibility index (Phi) is 4.29. The van der Waals surface area contributed by atoms with Crippen molar-refractivity contribution in [2.24, 2.45) is 0 Å². The van der Waals surface area contributed by atoms with E-state index >= 15 is 0 Å². The van der Waals surface area contributed by atoms with Crippen molar-refractivity contribution in [2.45, 2.75) is 6.92 Å². The van der Waals surface area contributed by atoms with Crippen LogP contribution in [0.2, 0.25) is 0 Å². The molecular weight excluding hydrogens is 240 g/mol. The van der Waals surface area contributed by atoms with E-state index in [1.54, 1.807) is 24.4 Å². The molecule has 19 heavy (non-hydrogen) atoms. The van der Waals surface area contributed by atoms with Gasteiger partial charge in [-0.2, -0.15) is 0 Å². The van der Waals surface area contributed by atoms with Crippen molar-refractivity contribution in [3.05, 3.63) is 66.0 Å². The second-order valence-corrected chi connectivity index (χ2v) is 3.83. The van der Waals surface area contributed by atoms with Crippen molar-refractivity contribution >= 4 is 17.7 Å². The number of hydrogen-bond donors (Lipinski definition) is 1. The summed E-state index contributed by atoms with van der Waals surface area (Å²) < 4.78 is 0. The van der Waals surface area contributed by atoms with E-state index in [0.717, 1.165) is 5.56 Å². The summed E-state index contributed by atoms with van der Waals surface area (Å²) in [7, 11) is 0. The van der Waals surface area contributed by atoms with Crippen LogP contribution in [0.4, 0.5) is 5.69 Å². The number of hydrogen-bond acceptors (Lipinski definition) is 4. The van der Waals surface area contributed by atoms with Crippen LogP contribution in [0.15, 0.2) is 54.7 Å². The van der Waals surface area contributed by atoms with Crippen molar-refractivity contribution in [2.75, 3.05) is 5.48 Å². The van der Waals surface area contributed by atoms with Crippen LogP contribution in [0.1, 0.15) is 23.0 Å². The molecule has 4 heteroatoms. The average molecular weight is 254 g/mol. The molecule has 96 valence electrons. The molecule has 0 radical (unpaired) electrons. The van der Waals surface area contributed by atoms with Gasteiger partial charge in [-0.15, -0.1) is 0 Å². The van der Waals surface area contributed by atoms with E-state index in [-0.39, 0.29) is 5.69 Å². The molecule has 4 nitrogen and oxygen atoms in total. The summed E-state index contributed by atoms with van der Waals surface area (Å²) >= 11 is 0. The zero-order valence-electron chi connectivity index (χ0n) is 10.5.